The molecule has 3 N–H and O–H groups in total. The molecule has 6 nitrogen and oxygen atoms in total. The highest BCUT2D eigenvalue weighted by Gasteiger charge is 2.02. The van der Waals surface area contributed by atoms with E-state index in [0.717, 1.165) is 12.1 Å². The number of rotatable bonds is 8. The van der Waals surface area contributed by atoms with Gasteiger partial charge in [-0.05, 0) is 30.7 Å². The van der Waals surface area contributed by atoms with Crippen molar-refractivity contribution in [3.63, 3.8) is 0 Å². The molecule has 0 saturated heterocycles. The van der Waals surface area contributed by atoms with Gasteiger partial charge in [-0.25, -0.2) is 4.99 Å². The highest BCUT2D eigenvalue weighted by atomic mass is 35.5. The van der Waals surface area contributed by atoms with Crippen LogP contribution >= 0.6 is 11.6 Å². The quantitative estimate of drug-likeness (QED) is 0.368. The first-order valence-corrected chi connectivity index (χ1v) is 9.22. The monoisotopic (exact) mass is 388 g/mol. The van der Waals surface area contributed by atoms with Crippen LogP contribution in [0.2, 0.25) is 5.02 Å². The van der Waals surface area contributed by atoms with Crippen LogP contribution in [-0.4, -0.2) is 31.6 Å². The average Bonchev–Trinajstić information content (AvgIpc) is 2.64. The van der Waals surface area contributed by atoms with Crippen LogP contribution in [0.25, 0.3) is 0 Å². The second-order valence-electron chi connectivity index (χ2n) is 5.77. The molecule has 2 rings (SSSR count). The number of halogens is 1. The maximum Gasteiger partial charge on any atom is 0.221 e. The Balaban J connectivity index is 1.83. The maximum atomic E-state index is 11.1. The molecule has 0 saturated carbocycles. The van der Waals surface area contributed by atoms with Gasteiger partial charge in [0.25, 0.3) is 0 Å². The Kier molecular flexibility index (Phi) is 8.45. The minimum atomic E-state index is -0.112. The van der Waals surface area contributed by atoms with Gasteiger partial charge in [-0.2, -0.15) is 0 Å². The predicted octanol–water partition coefficient (Wildman–Crippen LogP) is 3.43. The number of anilines is 1. The molecule has 2 aromatic rings. The van der Waals surface area contributed by atoms with Crippen LogP contribution in [0.1, 0.15) is 19.4 Å². The highest BCUT2D eigenvalue weighted by Crippen LogP contribution is 2.17. The zero-order chi connectivity index (χ0) is 19.5. The van der Waals surface area contributed by atoms with Crippen molar-refractivity contribution in [1.29, 1.82) is 0 Å². The second kappa shape index (κ2) is 11.1. The molecule has 144 valence electrons. The lowest BCUT2D eigenvalue weighted by Crippen LogP contribution is -2.39. The van der Waals surface area contributed by atoms with Gasteiger partial charge in [0.2, 0.25) is 5.91 Å². The number of aliphatic imine (C=N–C) groups is 1. The van der Waals surface area contributed by atoms with Crippen LogP contribution < -0.4 is 20.7 Å². The molecule has 0 radical (unpaired) electrons. The topological polar surface area (TPSA) is 74.8 Å². The van der Waals surface area contributed by atoms with Crippen molar-refractivity contribution in [2.45, 2.75) is 20.4 Å². The van der Waals surface area contributed by atoms with Crippen molar-refractivity contribution in [1.82, 2.24) is 10.6 Å². The Labute approximate surface area is 165 Å². The number of carbonyl (C=O) groups is 1. The lowest BCUT2D eigenvalue weighted by Gasteiger charge is -2.13. The van der Waals surface area contributed by atoms with Crippen molar-refractivity contribution >= 4 is 29.2 Å². The molecule has 0 heterocycles. The molecule has 0 unspecified atom stereocenters. The van der Waals surface area contributed by atoms with E-state index < -0.39 is 0 Å². The molecule has 0 spiro atoms. The van der Waals surface area contributed by atoms with Crippen LogP contribution in [0.4, 0.5) is 5.69 Å². The number of amides is 1. The van der Waals surface area contributed by atoms with Gasteiger partial charge in [0, 0.05) is 30.2 Å². The number of nitrogens with one attached hydrogen (secondary N) is 3. The van der Waals surface area contributed by atoms with Crippen molar-refractivity contribution in [2.24, 2.45) is 4.99 Å². The number of hydrogen-bond acceptors (Lipinski definition) is 3. The van der Waals surface area contributed by atoms with Gasteiger partial charge in [-0.3, -0.25) is 4.79 Å². The van der Waals surface area contributed by atoms with E-state index in [-0.39, 0.29) is 5.91 Å². The summed E-state index contributed by atoms with van der Waals surface area (Å²) >= 11 is 6.17. The zero-order valence-corrected chi connectivity index (χ0v) is 16.3. The smallest absolute Gasteiger partial charge is 0.221 e. The molecule has 0 aliphatic heterocycles. The molecule has 0 aliphatic carbocycles. The second-order valence-corrected chi connectivity index (χ2v) is 6.18. The first-order chi connectivity index (χ1) is 13.1. The van der Waals surface area contributed by atoms with Gasteiger partial charge < -0.3 is 20.7 Å². The Bertz CT molecular complexity index is 780. The standard InChI is InChI=1S/C20H25ClN4O2/c1-3-22-20(24-14-16-7-4-5-10-19(16)21)23-11-12-27-18-9-6-8-17(13-18)25-15(2)26/h4-10,13H,3,11-12,14H2,1-2H3,(H,25,26)(H2,22,23,24). The summed E-state index contributed by atoms with van der Waals surface area (Å²) < 4.78 is 5.72. The molecule has 27 heavy (non-hydrogen) atoms. The Morgan fingerprint density at radius 1 is 1.15 bits per heavy atom. The third kappa shape index (κ3) is 7.58. The Morgan fingerprint density at radius 3 is 2.70 bits per heavy atom. The number of benzene rings is 2. The summed E-state index contributed by atoms with van der Waals surface area (Å²) in [5.74, 6) is 1.29. The molecule has 0 aliphatic rings. The van der Waals surface area contributed by atoms with Crippen LogP contribution in [0.5, 0.6) is 5.75 Å². The number of ether oxygens (including phenoxy) is 1. The fourth-order valence-corrected chi connectivity index (χ4v) is 2.53. The fourth-order valence-electron chi connectivity index (χ4n) is 2.34. The summed E-state index contributed by atoms with van der Waals surface area (Å²) in [6.07, 6.45) is 0. The average molecular weight is 389 g/mol. The van der Waals surface area contributed by atoms with Crippen LogP contribution in [0.15, 0.2) is 53.5 Å². The first kappa shape index (κ1) is 20.6. The van der Waals surface area contributed by atoms with Crippen molar-refractivity contribution in [3.05, 3.63) is 59.1 Å². The Morgan fingerprint density at radius 2 is 1.96 bits per heavy atom. The van der Waals surface area contributed by atoms with E-state index in [1.165, 1.54) is 6.92 Å². The summed E-state index contributed by atoms with van der Waals surface area (Å²) in [7, 11) is 0. The Hall–Kier alpha value is -2.73. The molecule has 2 aromatic carbocycles. The molecule has 0 atom stereocenters. The predicted molar refractivity (Wildman–Crippen MR) is 111 cm³/mol. The number of nitrogens with zero attached hydrogens (tertiary/aromatic N) is 1. The number of carbonyl (C=O) groups excluding carboxylic acids is 1. The molecular formula is C20H25ClN4O2. The fraction of sp³-hybridized carbons (Fsp3) is 0.300. The largest absolute Gasteiger partial charge is 0.492 e. The number of hydrogen-bond donors (Lipinski definition) is 3. The van der Waals surface area contributed by atoms with E-state index >= 15 is 0 Å². The summed E-state index contributed by atoms with van der Waals surface area (Å²) in [4.78, 5) is 15.7. The first-order valence-electron chi connectivity index (χ1n) is 8.84. The van der Waals surface area contributed by atoms with Gasteiger partial charge in [-0.1, -0.05) is 35.9 Å². The molecule has 7 heteroatoms. The van der Waals surface area contributed by atoms with E-state index in [9.17, 15) is 4.79 Å². The van der Waals surface area contributed by atoms with E-state index in [1.54, 1.807) is 6.07 Å². The normalized spacial score (nSPS) is 11.0. The summed E-state index contributed by atoms with van der Waals surface area (Å²) in [5, 5.41) is 9.86. The number of guanidine groups is 1. The lowest BCUT2D eigenvalue weighted by molar-refractivity contribution is -0.114. The molecule has 0 fully saturated rings. The third-order valence-electron chi connectivity index (χ3n) is 3.53. The maximum absolute atomic E-state index is 11.1. The van der Waals surface area contributed by atoms with E-state index in [2.05, 4.69) is 20.9 Å². The van der Waals surface area contributed by atoms with Gasteiger partial charge >= 0.3 is 0 Å². The SMILES string of the molecule is CCNC(=NCc1ccccc1Cl)NCCOc1cccc(NC(C)=O)c1. The summed E-state index contributed by atoms with van der Waals surface area (Å²) in [6.45, 7) is 5.78. The summed E-state index contributed by atoms with van der Waals surface area (Å²) in [6, 6.07) is 15.0. The van der Waals surface area contributed by atoms with E-state index in [1.807, 2.05) is 49.4 Å². The molecule has 1 amide bonds. The van der Waals surface area contributed by atoms with Crippen LogP contribution in [0, 0.1) is 0 Å². The third-order valence-corrected chi connectivity index (χ3v) is 3.90. The van der Waals surface area contributed by atoms with Crippen molar-refractivity contribution < 1.29 is 9.53 Å². The van der Waals surface area contributed by atoms with Crippen LogP contribution in [-0.2, 0) is 11.3 Å². The van der Waals surface area contributed by atoms with Crippen molar-refractivity contribution in [2.75, 3.05) is 25.0 Å². The zero-order valence-electron chi connectivity index (χ0n) is 15.6. The van der Waals surface area contributed by atoms with E-state index in [0.29, 0.717) is 42.1 Å². The summed E-state index contributed by atoms with van der Waals surface area (Å²) in [5.41, 5.74) is 1.69. The minimum absolute atomic E-state index is 0.112. The van der Waals surface area contributed by atoms with Gasteiger partial charge in [-0.15, -0.1) is 0 Å². The van der Waals surface area contributed by atoms with Crippen LogP contribution in [0.3, 0.4) is 0 Å². The lowest BCUT2D eigenvalue weighted by atomic mass is 10.2. The van der Waals surface area contributed by atoms with Gasteiger partial charge in [0.05, 0.1) is 13.1 Å². The molecular weight excluding hydrogens is 364 g/mol. The molecule has 0 aromatic heterocycles. The minimum Gasteiger partial charge on any atom is -0.492 e. The van der Waals surface area contributed by atoms with E-state index in [4.69, 9.17) is 16.3 Å². The van der Waals surface area contributed by atoms with Gasteiger partial charge in [0.15, 0.2) is 5.96 Å². The van der Waals surface area contributed by atoms with Crippen molar-refractivity contribution in [3.8, 4) is 5.75 Å². The highest BCUT2D eigenvalue weighted by molar-refractivity contribution is 6.31. The van der Waals surface area contributed by atoms with Gasteiger partial charge in [0.1, 0.15) is 12.4 Å². The molecule has 0 bridgehead atoms.